The zero-order chi connectivity index (χ0) is 19.6. The van der Waals surface area contributed by atoms with Gasteiger partial charge in [-0.3, -0.25) is 4.79 Å². The minimum Gasteiger partial charge on any atom is -0.394 e. The van der Waals surface area contributed by atoms with E-state index in [4.69, 9.17) is 0 Å². The molecular formula is C18H16F3N3O3. The molecule has 0 spiro atoms. The second-order valence-corrected chi connectivity index (χ2v) is 6.06. The number of carbonyl (C=O) groups excluding carboxylic acids is 2. The average molecular weight is 379 g/mol. The fraction of sp³-hybridized carbons (Fsp3) is 0.222. The Balaban J connectivity index is 1.68. The Morgan fingerprint density at radius 1 is 1.19 bits per heavy atom. The molecule has 1 heterocycles. The summed E-state index contributed by atoms with van der Waals surface area (Å²) < 4.78 is 40.2. The lowest BCUT2D eigenvalue weighted by Gasteiger charge is -2.29. The maximum atomic E-state index is 13.8. The van der Waals surface area contributed by atoms with Crippen LogP contribution in [0.25, 0.3) is 0 Å². The Bertz CT molecular complexity index is 891. The first kappa shape index (κ1) is 18.7. The molecule has 1 aliphatic heterocycles. The Hall–Kier alpha value is -3.07. The molecule has 0 aliphatic carbocycles. The van der Waals surface area contributed by atoms with E-state index in [2.05, 4.69) is 10.6 Å². The number of aliphatic hydroxyl groups excluding tert-OH is 1. The van der Waals surface area contributed by atoms with Gasteiger partial charge in [-0.2, -0.15) is 0 Å². The van der Waals surface area contributed by atoms with Crippen molar-refractivity contribution in [1.82, 2.24) is 10.2 Å². The number of fused-ring (bicyclic) bond motifs is 1. The van der Waals surface area contributed by atoms with Gasteiger partial charge in [0.25, 0.3) is 0 Å². The number of urea groups is 1. The highest BCUT2D eigenvalue weighted by Gasteiger charge is 2.26. The monoisotopic (exact) mass is 379 g/mol. The molecule has 6 nitrogen and oxygen atoms in total. The highest BCUT2D eigenvalue weighted by molar-refractivity contribution is 5.94. The third-order valence-electron chi connectivity index (χ3n) is 4.15. The molecule has 0 radical (unpaired) electrons. The molecule has 1 atom stereocenters. The van der Waals surface area contributed by atoms with Gasteiger partial charge in [-0.25, -0.2) is 18.0 Å². The summed E-state index contributed by atoms with van der Waals surface area (Å²) in [5.74, 6) is -2.82. The van der Waals surface area contributed by atoms with Gasteiger partial charge in [-0.15, -0.1) is 0 Å². The zero-order valence-electron chi connectivity index (χ0n) is 14.0. The van der Waals surface area contributed by atoms with Gasteiger partial charge in [-0.1, -0.05) is 6.07 Å². The fourth-order valence-electron chi connectivity index (χ4n) is 2.83. The van der Waals surface area contributed by atoms with Gasteiger partial charge in [0, 0.05) is 17.3 Å². The lowest BCUT2D eigenvalue weighted by Crippen LogP contribution is -2.45. The molecule has 3 amide bonds. The maximum absolute atomic E-state index is 13.8. The molecule has 0 fully saturated rings. The lowest BCUT2D eigenvalue weighted by molar-refractivity contribution is -0.122. The van der Waals surface area contributed by atoms with Crippen LogP contribution >= 0.6 is 0 Å². The Labute approximate surface area is 152 Å². The van der Waals surface area contributed by atoms with Crippen molar-refractivity contribution in [2.45, 2.75) is 12.6 Å². The summed E-state index contributed by atoms with van der Waals surface area (Å²) in [6.07, 6.45) is 0. The van der Waals surface area contributed by atoms with Crippen LogP contribution in [0.2, 0.25) is 0 Å². The number of amides is 3. The number of carbonyl (C=O) groups is 2. The molecule has 3 N–H and O–H groups in total. The van der Waals surface area contributed by atoms with Crippen LogP contribution in [-0.2, 0) is 11.3 Å². The van der Waals surface area contributed by atoms with Crippen molar-refractivity contribution in [1.29, 1.82) is 0 Å². The van der Waals surface area contributed by atoms with E-state index in [0.29, 0.717) is 17.3 Å². The van der Waals surface area contributed by atoms with Crippen LogP contribution in [0.3, 0.4) is 0 Å². The number of halogens is 3. The smallest absolute Gasteiger partial charge is 0.322 e. The summed E-state index contributed by atoms with van der Waals surface area (Å²) in [4.78, 5) is 25.5. The van der Waals surface area contributed by atoms with Gasteiger partial charge in [0.2, 0.25) is 5.91 Å². The Morgan fingerprint density at radius 3 is 2.59 bits per heavy atom. The predicted molar refractivity (Wildman–Crippen MR) is 90.2 cm³/mol. The summed E-state index contributed by atoms with van der Waals surface area (Å²) in [7, 11) is 0. The van der Waals surface area contributed by atoms with E-state index in [1.54, 1.807) is 0 Å². The Kier molecular flexibility index (Phi) is 5.31. The van der Waals surface area contributed by atoms with Crippen LogP contribution in [-0.4, -0.2) is 35.1 Å². The van der Waals surface area contributed by atoms with Gasteiger partial charge in [0.05, 0.1) is 19.2 Å². The predicted octanol–water partition coefficient (Wildman–Crippen LogP) is 2.30. The van der Waals surface area contributed by atoms with Crippen LogP contribution in [0.5, 0.6) is 0 Å². The molecule has 0 saturated heterocycles. The van der Waals surface area contributed by atoms with E-state index in [-0.39, 0.29) is 18.7 Å². The first-order valence-electron chi connectivity index (χ1n) is 8.07. The van der Waals surface area contributed by atoms with Crippen LogP contribution in [0.1, 0.15) is 17.2 Å². The number of benzene rings is 2. The lowest BCUT2D eigenvalue weighted by atomic mass is 10.1. The summed E-state index contributed by atoms with van der Waals surface area (Å²) in [5, 5.41) is 14.4. The second-order valence-electron chi connectivity index (χ2n) is 6.06. The standard InChI is InChI=1S/C18H16F3N3O3/c19-11-2-4-15-10(5-11)7-24(18(27)23-15)8-17(26)22-16(9-25)13-3-1-12(20)6-14(13)21/h1-6,16,25H,7-9H2,(H,22,26)(H,23,27)/t16-/m1/s1. The van der Waals surface area contributed by atoms with Crippen LogP contribution in [0.15, 0.2) is 36.4 Å². The SMILES string of the molecule is O=C(CN1Cc2cc(F)ccc2NC1=O)N[C@H](CO)c1ccc(F)cc1F. The Morgan fingerprint density at radius 2 is 1.89 bits per heavy atom. The molecule has 2 aromatic carbocycles. The highest BCUT2D eigenvalue weighted by Crippen LogP contribution is 2.24. The average Bonchev–Trinajstić information content (AvgIpc) is 2.61. The van der Waals surface area contributed by atoms with Crippen molar-refractivity contribution in [3.8, 4) is 0 Å². The van der Waals surface area contributed by atoms with E-state index < -0.39 is 42.0 Å². The number of anilines is 1. The molecule has 2 aromatic rings. The van der Waals surface area contributed by atoms with Crippen LogP contribution in [0, 0.1) is 17.5 Å². The molecule has 1 aliphatic rings. The third kappa shape index (κ3) is 4.20. The number of hydrogen-bond acceptors (Lipinski definition) is 3. The summed E-state index contributed by atoms with van der Waals surface area (Å²) in [6, 6.07) is 5.03. The minimum absolute atomic E-state index is 0.0149. The minimum atomic E-state index is -1.10. The molecule has 3 rings (SSSR count). The normalized spacial score (nSPS) is 14.4. The van der Waals surface area contributed by atoms with Crippen molar-refractivity contribution >= 4 is 17.6 Å². The number of hydrogen-bond donors (Lipinski definition) is 3. The summed E-state index contributed by atoms with van der Waals surface area (Å²) in [5.41, 5.74) is 0.883. The van der Waals surface area contributed by atoms with Crippen LogP contribution in [0.4, 0.5) is 23.7 Å². The first-order chi connectivity index (χ1) is 12.9. The molecule has 142 valence electrons. The van der Waals surface area contributed by atoms with E-state index in [0.717, 1.165) is 17.0 Å². The second kappa shape index (κ2) is 7.67. The van der Waals surface area contributed by atoms with E-state index in [1.807, 2.05) is 0 Å². The van der Waals surface area contributed by atoms with Crippen molar-refractivity contribution in [2.24, 2.45) is 0 Å². The molecule has 0 saturated carbocycles. The summed E-state index contributed by atoms with van der Waals surface area (Å²) >= 11 is 0. The van der Waals surface area contributed by atoms with Gasteiger partial charge >= 0.3 is 6.03 Å². The van der Waals surface area contributed by atoms with Gasteiger partial charge in [0.15, 0.2) is 0 Å². The number of rotatable bonds is 5. The van der Waals surface area contributed by atoms with E-state index >= 15 is 0 Å². The van der Waals surface area contributed by atoms with Crippen molar-refractivity contribution in [2.75, 3.05) is 18.5 Å². The van der Waals surface area contributed by atoms with E-state index in [9.17, 15) is 27.9 Å². The van der Waals surface area contributed by atoms with Crippen molar-refractivity contribution < 1.29 is 27.9 Å². The number of nitrogens with zero attached hydrogens (tertiary/aromatic N) is 1. The molecular weight excluding hydrogens is 363 g/mol. The van der Waals surface area contributed by atoms with Crippen LogP contribution < -0.4 is 10.6 Å². The molecule has 0 bridgehead atoms. The molecule has 9 heteroatoms. The summed E-state index contributed by atoms with van der Waals surface area (Å²) in [6.45, 7) is -0.989. The molecule has 0 aromatic heterocycles. The van der Waals surface area contributed by atoms with Crippen molar-refractivity contribution in [3.63, 3.8) is 0 Å². The highest BCUT2D eigenvalue weighted by atomic mass is 19.1. The third-order valence-corrected chi connectivity index (χ3v) is 4.15. The van der Waals surface area contributed by atoms with Crippen molar-refractivity contribution in [3.05, 3.63) is 65.0 Å². The maximum Gasteiger partial charge on any atom is 0.322 e. The number of aliphatic hydroxyl groups is 1. The van der Waals surface area contributed by atoms with Gasteiger partial charge < -0.3 is 20.6 Å². The largest absolute Gasteiger partial charge is 0.394 e. The van der Waals surface area contributed by atoms with Gasteiger partial charge in [-0.05, 0) is 29.8 Å². The number of nitrogens with one attached hydrogen (secondary N) is 2. The zero-order valence-corrected chi connectivity index (χ0v) is 14.0. The molecule has 0 unspecified atom stereocenters. The topological polar surface area (TPSA) is 81.7 Å². The molecule has 27 heavy (non-hydrogen) atoms. The van der Waals surface area contributed by atoms with Gasteiger partial charge in [0.1, 0.15) is 24.0 Å². The quantitative estimate of drug-likeness (QED) is 0.746. The van der Waals surface area contributed by atoms with E-state index in [1.165, 1.54) is 18.2 Å². The fourth-order valence-corrected chi connectivity index (χ4v) is 2.83. The first-order valence-corrected chi connectivity index (χ1v) is 8.07.